The molecule has 2 atom stereocenters. The van der Waals surface area contributed by atoms with E-state index in [1.54, 1.807) is 26.4 Å². The highest BCUT2D eigenvalue weighted by Crippen LogP contribution is 2.20. The predicted octanol–water partition coefficient (Wildman–Crippen LogP) is 1.96. The van der Waals surface area contributed by atoms with Gasteiger partial charge < -0.3 is 14.8 Å². The molecule has 0 saturated heterocycles. The van der Waals surface area contributed by atoms with Gasteiger partial charge in [-0.2, -0.15) is 0 Å². The van der Waals surface area contributed by atoms with Gasteiger partial charge in [0.05, 0.1) is 26.1 Å². The largest absolute Gasteiger partial charge is 0.496 e. The maximum absolute atomic E-state index is 12.6. The Morgan fingerprint density at radius 1 is 1.10 bits per heavy atom. The number of hydrogen-bond donors (Lipinski definition) is 1. The summed E-state index contributed by atoms with van der Waals surface area (Å²) in [5.41, 5.74) is 0.994. The van der Waals surface area contributed by atoms with Crippen LogP contribution in [0.1, 0.15) is 31.2 Å². The molecule has 0 radical (unpaired) electrons. The minimum absolute atomic E-state index is 0.0291. The first-order valence-electron chi connectivity index (χ1n) is 9.77. The summed E-state index contributed by atoms with van der Waals surface area (Å²) in [5.74, 6) is 0.288. The van der Waals surface area contributed by atoms with Gasteiger partial charge in [-0.15, -0.1) is 0 Å². The maximum atomic E-state index is 12.6. The van der Waals surface area contributed by atoms with Gasteiger partial charge >= 0.3 is 0 Å². The van der Waals surface area contributed by atoms with E-state index in [0.29, 0.717) is 36.2 Å². The molecule has 0 saturated carbocycles. The highest BCUT2D eigenvalue weighted by Gasteiger charge is 2.23. The van der Waals surface area contributed by atoms with Crippen molar-refractivity contribution in [2.45, 2.75) is 25.7 Å². The van der Waals surface area contributed by atoms with E-state index in [1.807, 2.05) is 43.3 Å². The van der Waals surface area contributed by atoms with Crippen LogP contribution < -0.4 is 25.4 Å². The standard InChI is InChI=1S/C23H26N2O4/c1-4-17(15-8-6-5-7-9-15)23(27)24-13-12-16-14-18-19(28-2)10-11-20(29-3)21(18)25-22(16)26/h5-11,14,16-17H,4,12-13H2,1-3H3,(H,24,27). The van der Waals surface area contributed by atoms with E-state index in [-0.39, 0.29) is 17.7 Å². The summed E-state index contributed by atoms with van der Waals surface area (Å²) in [6.07, 6.45) is 3.04. The van der Waals surface area contributed by atoms with Crippen molar-refractivity contribution in [3.8, 4) is 11.5 Å². The van der Waals surface area contributed by atoms with Crippen molar-refractivity contribution >= 4 is 17.9 Å². The Bertz CT molecular complexity index is 1000. The number of rotatable bonds is 8. The van der Waals surface area contributed by atoms with Gasteiger partial charge in [0.15, 0.2) is 0 Å². The van der Waals surface area contributed by atoms with E-state index < -0.39 is 5.92 Å². The van der Waals surface area contributed by atoms with Crippen molar-refractivity contribution in [1.82, 2.24) is 5.32 Å². The first-order chi connectivity index (χ1) is 14.1. The first-order valence-corrected chi connectivity index (χ1v) is 9.77. The van der Waals surface area contributed by atoms with Gasteiger partial charge in [-0.3, -0.25) is 9.59 Å². The molecule has 1 aliphatic heterocycles. The van der Waals surface area contributed by atoms with Gasteiger partial charge in [0.25, 0.3) is 5.91 Å². The van der Waals surface area contributed by atoms with E-state index in [4.69, 9.17) is 9.47 Å². The second-order valence-corrected chi connectivity index (χ2v) is 6.91. The monoisotopic (exact) mass is 394 g/mol. The van der Waals surface area contributed by atoms with Crippen LogP contribution in [-0.2, 0) is 9.59 Å². The van der Waals surface area contributed by atoms with Crippen molar-refractivity contribution in [3.05, 3.63) is 58.6 Å². The molecular weight excluding hydrogens is 368 g/mol. The average Bonchev–Trinajstić information content (AvgIpc) is 2.74. The van der Waals surface area contributed by atoms with E-state index in [2.05, 4.69) is 10.3 Å². The number of nitrogens with zero attached hydrogens (tertiary/aromatic N) is 1. The zero-order chi connectivity index (χ0) is 20.8. The van der Waals surface area contributed by atoms with Crippen molar-refractivity contribution in [2.24, 2.45) is 10.9 Å². The number of carbonyl (C=O) groups is 2. The summed E-state index contributed by atoms with van der Waals surface area (Å²) in [7, 11) is 3.12. The van der Waals surface area contributed by atoms with Gasteiger partial charge in [-0.1, -0.05) is 43.3 Å². The number of methoxy groups -OCH3 is 2. The molecule has 3 rings (SSSR count). The fourth-order valence-corrected chi connectivity index (χ4v) is 3.59. The highest BCUT2D eigenvalue weighted by molar-refractivity contribution is 5.87. The number of carbonyl (C=O) groups excluding carboxylic acids is 2. The molecule has 29 heavy (non-hydrogen) atoms. The van der Waals surface area contributed by atoms with Crippen LogP contribution in [-0.4, -0.2) is 32.6 Å². The third-order valence-electron chi connectivity index (χ3n) is 5.17. The fourth-order valence-electron chi connectivity index (χ4n) is 3.59. The lowest BCUT2D eigenvalue weighted by Gasteiger charge is -2.18. The van der Waals surface area contributed by atoms with Crippen LogP contribution in [0.3, 0.4) is 0 Å². The molecule has 1 aliphatic rings. The third-order valence-corrected chi connectivity index (χ3v) is 5.17. The predicted molar refractivity (Wildman–Crippen MR) is 110 cm³/mol. The molecular formula is C23H26N2O4. The summed E-state index contributed by atoms with van der Waals surface area (Å²) in [6.45, 7) is 2.39. The van der Waals surface area contributed by atoms with E-state index >= 15 is 0 Å². The highest BCUT2D eigenvalue weighted by atomic mass is 16.5. The Morgan fingerprint density at radius 3 is 2.45 bits per heavy atom. The van der Waals surface area contributed by atoms with Gasteiger partial charge in [-0.05, 0) is 30.5 Å². The molecule has 152 valence electrons. The maximum Gasteiger partial charge on any atom is 0.253 e. The summed E-state index contributed by atoms with van der Waals surface area (Å²) >= 11 is 0. The molecule has 1 heterocycles. The summed E-state index contributed by atoms with van der Waals surface area (Å²) in [5, 5.41) is 4.21. The Hall–Kier alpha value is -3.15. The van der Waals surface area contributed by atoms with Crippen molar-refractivity contribution in [3.63, 3.8) is 0 Å². The number of amides is 2. The van der Waals surface area contributed by atoms with Crippen molar-refractivity contribution < 1.29 is 19.1 Å². The lowest BCUT2D eigenvalue weighted by Crippen LogP contribution is -2.37. The lowest BCUT2D eigenvalue weighted by molar-refractivity contribution is -0.123. The molecule has 0 fully saturated rings. The van der Waals surface area contributed by atoms with Crippen LogP contribution >= 0.6 is 0 Å². The number of benzene rings is 2. The Morgan fingerprint density at radius 2 is 1.79 bits per heavy atom. The summed E-state index contributed by atoms with van der Waals surface area (Å²) in [6, 6.07) is 13.2. The molecule has 2 aromatic rings. The Labute approximate surface area is 170 Å². The van der Waals surface area contributed by atoms with Crippen LogP contribution in [0.15, 0.2) is 47.5 Å². The van der Waals surface area contributed by atoms with Gasteiger partial charge in [-0.25, -0.2) is 4.99 Å². The van der Waals surface area contributed by atoms with Gasteiger partial charge in [0.2, 0.25) is 5.91 Å². The topological polar surface area (TPSA) is 77.0 Å². The molecule has 0 aromatic heterocycles. The summed E-state index contributed by atoms with van der Waals surface area (Å²) < 4.78 is 10.7. The average molecular weight is 394 g/mol. The number of fused-ring (bicyclic) bond motifs is 1. The zero-order valence-electron chi connectivity index (χ0n) is 17.0. The number of hydrogen-bond acceptors (Lipinski definition) is 4. The number of nitrogens with one attached hydrogen (secondary N) is 1. The molecule has 6 heteroatoms. The molecule has 0 aliphatic carbocycles. The normalized spacial score (nSPS) is 16.1. The summed E-state index contributed by atoms with van der Waals surface area (Å²) in [4.78, 5) is 29.3. The van der Waals surface area contributed by atoms with Crippen LogP contribution in [0.2, 0.25) is 0 Å². The second-order valence-electron chi connectivity index (χ2n) is 6.91. The number of ether oxygens (including phenoxy) is 2. The van der Waals surface area contributed by atoms with E-state index in [0.717, 1.165) is 10.8 Å². The Balaban J connectivity index is 1.71. The lowest BCUT2D eigenvalue weighted by atomic mass is 9.95. The quantitative estimate of drug-likeness (QED) is 0.743. The minimum atomic E-state index is -0.416. The van der Waals surface area contributed by atoms with E-state index in [1.165, 1.54) is 0 Å². The third kappa shape index (κ3) is 4.47. The molecule has 0 spiro atoms. The molecule has 0 bridgehead atoms. The van der Waals surface area contributed by atoms with Crippen LogP contribution in [0.5, 0.6) is 11.5 Å². The first kappa shape index (κ1) is 20.6. The van der Waals surface area contributed by atoms with Crippen LogP contribution in [0.25, 0.3) is 6.08 Å². The molecule has 1 N–H and O–H groups in total. The minimum Gasteiger partial charge on any atom is -0.496 e. The SMILES string of the molecule is CCC(C(=O)NCCC1C=c2c(OC)ccc(OC)c2=NC1=O)c1ccccc1. The second kappa shape index (κ2) is 9.37. The molecule has 2 amide bonds. The fraction of sp³-hybridized carbons (Fsp3) is 0.348. The van der Waals surface area contributed by atoms with Crippen LogP contribution in [0.4, 0.5) is 0 Å². The van der Waals surface area contributed by atoms with Crippen molar-refractivity contribution in [2.75, 3.05) is 20.8 Å². The van der Waals surface area contributed by atoms with Gasteiger partial charge in [0, 0.05) is 11.8 Å². The van der Waals surface area contributed by atoms with Crippen molar-refractivity contribution in [1.29, 1.82) is 0 Å². The molecule has 2 unspecified atom stereocenters. The van der Waals surface area contributed by atoms with E-state index in [9.17, 15) is 9.59 Å². The smallest absolute Gasteiger partial charge is 0.253 e. The molecule has 2 aromatic carbocycles. The molecule has 6 nitrogen and oxygen atoms in total. The van der Waals surface area contributed by atoms with Gasteiger partial charge in [0.1, 0.15) is 16.9 Å². The zero-order valence-corrected chi connectivity index (χ0v) is 17.0. The Kier molecular flexibility index (Phi) is 6.65. The van der Waals surface area contributed by atoms with Crippen LogP contribution in [0, 0.1) is 5.92 Å².